The molecule has 0 radical (unpaired) electrons. The van der Waals surface area contributed by atoms with Crippen molar-refractivity contribution in [3.63, 3.8) is 0 Å². The average Bonchev–Trinajstić information content (AvgIpc) is 2.60. The molecule has 2 aromatic carbocycles. The number of rotatable bonds is 8. The van der Waals surface area contributed by atoms with Crippen LogP contribution in [0.25, 0.3) is 0 Å². The van der Waals surface area contributed by atoms with Gasteiger partial charge in [0.1, 0.15) is 11.5 Å². The lowest BCUT2D eigenvalue weighted by Gasteiger charge is -2.24. The minimum absolute atomic E-state index is 0.0773. The van der Waals surface area contributed by atoms with E-state index in [9.17, 15) is 10.2 Å². The van der Waals surface area contributed by atoms with Gasteiger partial charge in [-0.25, -0.2) is 0 Å². The van der Waals surface area contributed by atoms with Gasteiger partial charge in [0.2, 0.25) is 0 Å². The fourth-order valence-corrected chi connectivity index (χ4v) is 4.48. The van der Waals surface area contributed by atoms with Crippen molar-refractivity contribution in [1.82, 2.24) is 0 Å². The molecule has 0 aromatic heterocycles. The minimum Gasteiger partial charge on any atom is -0.508 e. The number of phenols is 2. The summed E-state index contributed by atoms with van der Waals surface area (Å²) < 4.78 is 0. The smallest absolute Gasteiger partial charge is 0.119 e. The van der Waals surface area contributed by atoms with Crippen molar-refractivity contribution in [3.05, 3.63) is 57.6 Å². The first-order valence-corrected chi connectivity index (χ1v) is 11.6. The zero-order chi connectivity index (χ0) is 22.6. The van der Waals surface area contributed by atoms with E-state index in [0.29, 0.717) is 23.3 Å². The van der Waals surface area contributed by atoms with Gasteiger partial charge in [0, 0.05) is 0 Å². The Balaban J connectivity index is 2.34. The van der Waals surface area contributed by atoms with Crippen LogP contribution in [0, 0.1) is 25.7 Å². The molecule has 2 aromatic rings. The van der Waals surface area contributed by atoms with E-state index in [1.54, 1.807) is 0 Å². The molecule has 0 saturated heterocycles. The first kappa shape index (κ1) is 24.3. The summed E-state index contributed by atoms with van der Waals surface area (Å²) in [6.07, 6.45) is 5.28. The maximum absolute atomic E-state index is 10.5. The number of phenolic OH excluding ortho intramolecular Hbond substituents is 2. The summed E-state index contributed by atoms with van der Waals surface area (Å²) in [7, 11) is 0. The van der Waals surface area contributed by atoms with E-state index in [-0.39, 0.29) is 5.41 Å². The summed E-state index contributed by atoms with van der Waals surface area (Å²) in [5.41, 5.74) is 7.06. The molecule has 0 aliphatic rings. The first-order chi connectivity index (χ1) is 13.9. The van der Waals surface area contributed by atoms with Crippen molar-refractivity contribution < 1.29 is 10.2 Å². The van der Waals surface area contributed by atoms with E-state index in [0.717, 1.165) is 36.8 Å². The van der Waals surface area contributed by atoms with Crippen LogP contribution in [-0.4, -0.2) is 10.2 Å². The molecular formula is C28H42O2. The second kappa shape index (κ2) is 9.90. The third-order valence-corrected chi connectivity index (χ3v) is 6.14. The second-order valence-corrected chi connectivity index (χ2v) is 10.6. The molecule has 0 saturated carbocycles. The number of hydrogen-bond acceptors (Lipinski definition) is 2. The zero-order valence-corrected chi connectivity index (χ0v) is 20.4. The van der Waals surface area contributed by atoms with Crippen LogP contribution in [0.15, 0.2) is 24.3 Å². The van der Waals surface area contributed by atoms with Gasteiger partial charge < -0.3 is 10.2 Å². The molecule has 0 aliphatic carbocycles. The molecule has 0 fully saturated rings. The van der Waals surface area contributed by atoms with Crippen molar-refractivity contribution >= 4 is 0 Å². The van der Waals surface area contributed by atoms with Gasteiger partial charge in [-0.15, -0.1) is 0 Å². The van der Waals surface area contributed by atoms with Crippen LogP contribution in [0.1, 0.15) is 87.8 Å². The van der Waals surface area contributed by atoms with Gasteiger partial charge in [-0.2, -0.15) is 0 Å². The maximum Gasteiger partial charge on any atom is 0.119 e. The highest BCUT2D eigenvalue weighted by atomic mass is 16.3. The molecule has 30 heavy (non-hydrogen) atoms. The summed E-state index contributed by atoms with van der Waals surface area (Å²) in [5.74, 6) is 1.90. The molecular weight excluding hydrogens is 368 g/mol. The fraction of sp³-hybridized carbons (Fsp3) is 0.571. The maximum atomic E-state index is 10.5. The molecule has 166 valence electrons. The quantitative estimate of drug-likeness (QED) is 0.475. The largest absolute Gasteiger partial charge is 0.508 e. The van der Waals surface area contributed by atoms with Crippen molar-refractivity contribution in [2.75, 3.05) is 0 Å². The van der Waals surface area contributed by atoms with Gasteiger partial charge >= 0.3 is 0 Å². The molecule has 1 atom stereocenters. The zero-order valence-electron chi connectivity index (χ0n) is 20.4. The molecule has 0 aliphatic heterocycles. The van der Waals surface area contributed by atoms with E-state index in [1.165, 1.54) is 28.7 Å². The minimum atomic E-state index is -0.0773. The van der Waals surface area contributed by atoms with E-state index >= 15 is 0 Å². The third kappa shape index (κ3) is 6.27. The molecule has 1 unspecified atom stereocenters. The van der Waals surface area contributed by atoms with Crippen LogP contribution in [0.5, 0.6) is 11.5 Å². The van der Waals surface area contributed by atoms with E-state index < -0.39 is 0 Å². The van der Waals surface area contributed by atoms with Crippen LogP contribution in [0.3, 0.4) is 0 Å². The topological polar surface area (TPSA) is 40.5 Å². The number of hydrogen-bond donors (Lipinski definition) is 2. The van der Waals surface area contributed by atoms with Crippen molar-refractivity contribution in [3.8, 4) is 11.5 Å². The molecule has 2 heteroatoms. The molecule has 0 spiro atoms. The molecule has 0 bridgehead atoms. The lowest BCUT2D eigenvalue weighted by Crippen LogP contribution is -2.15. The highest BCUT2D eigenvalue weighted by molar-refractivity contribution is 5.45. The van der Waals surface area contributed by atoms with Crippen molar-refractivity contribution in [2.45, 2.75) is 92.9 Å². The molecule has 2 N–H and O–H groups in total. The number of aryl methyl sites for hydroxylation is 2. The Labute approximate surface area is 184 Å². The normalized spacial score (nSPS) is 13.1. The van der Waals surface area contributed by atoms with Crippen molar-refractivity contribution in [2.24, 2.45) is 11.8 Å². The highest BCUT2D eigenvalue weighted by Crippen LogP contribution is 2.35. The predicted molar refractivity (Wildman–Crippen MR) is 129 cm³/mol. The summed E-state index contributed by atoms with van der Waals surface area (Å²) in [4.78, 5) is 0. The Morgan fingerprint density at radius 1 is 0.767 bits per heavy atom. The lowest BCUT2D eigenvalue weighted by atomic mass is 9.81. The van der Waals surface area contributed by atoms with Gasteiger partial charge in [0.05, 0.1) is 0 Å². The third-order valence-electron chi connectivity index (χ3n) is 6.14. The molecule has 0 amide bonds. The first-order valence-electron chi connectivity index (χ1n) is 11.6. The van der Waals surface area contributed by atoms with Crippen molar-refractivity contribution in [1.29, 1.82) is 0 Å². The van der Waals surface area contributed by atoms with Crippen LogP contribution in [0.4, 0.5) is 0 Å². The second-order valence-electron chi connectivity index (χ2n) is 10.6. The molecule has 0 heterocycles. The number of aromatic hydroxyl groups is 2. The fourth-order valence-electron chi connectivity index (χ4n) is 4.48. The van der Waals surface area contributed by atoms with Gasteiger partial charge in [-0.05, 0) is 95.9 Å². The lowest BCUT2D eigenvalue weighted by molar-refractivity contribution is 0.442. The van der Waals surface area contributed by atoms with Gasteiger partial charge in [0.25, 0.3) is 0 Å². The average molecular weight is 411 g/mol. The summed E-state index contributed by atoms with van der Waals surface area (Å²) in [5, 5.41) is 20.8. The van der Waals surface area contributed by atoms with Crippen LogP contribution in [0.2, 0.25) is 0 Å². The number of benzene rings is 2. The Morgan fingerprint density at radius 2 is 1.30 bits per heavy atom. The SMILES string of the molecule is CCCC(Cc1cc(CC(C)C)c(O)cc1C)Cc1cc(C(C)(C)C)c(O)cc1C. The summed E-state index contributed by atoms with van der Waals surface area (Å²) >= 11 is 0. The van der Waals surface area contributed by atoms with Gasteiger partial charge in [-0.1, -0.05) is 66.5 Å². The Morgan fingerprint density at radius 3 is 1.80 bits per heavy atom. The predicted octanol–water partition coefficient (Wildman–Crippen LogP) is 7.41. The van der Waals surface area contributed by atoms with Crippen LogP contribution >= 0.6 is 0 Å². The molecule has 2 rings (SSSR count). The Hall–Kier alpha value is -1.96. The van der Waals surface area contributed by atoms with Gasteiger partial charge in [0.15, 0.2) is 0 Å². The monoisotopic (exact) mass is 410 g/mol. The van der Waals surface area contributed by atoms with E-state index in [2.05, 4.69) is 67.5 Å². The standard InChI is InChI=1S/C28H42O2/c1-9-10-21(14-22-16-24(11-18(2)3)26(29)12-19(22)4)15-23-17-25(28(6,7)8)27(30)13-20(23)5/h12-13,16-18,21,29-30H,9-11,14-15H2,1-8H3. The van der Waals surface area contributed by atoms with Crippen LogP contribution in [-0.2, 0) is 24.7 Å². The van der Waals surface area contributed by atoms with Gasteiger partial charge in [-0.3, -0.25) is 0 Å². The van der Waals surface area contributed by atoms with E-state index in [1.807, 2.05) is 12.1 Å². The molecule has 2 nitrogen and oxygen atoms in total. The van der Waals surface area contributed by atoms with Crippen LogP contribution < -0.4 is 0 Å². The Bertz CT molecular complexity index is 856. The highest BCUT2D eigenvalue weighted by Gasteiger charge is 2.21. The summed E-state index contributed by atoms with van der Waals surface area (Å²) in [6, 6.07) is 8.34. The summed E-state index contributed by atoms with van der Waals surface area (Å²) in [6.45, 7) is 17.3. The van der Waals surface area contributed by atoms with E-state index in [4.69, 9.17) is 0 Å². The Kier molecular flexibility index (Phi) is 8.02.